The maximum atomic E-state index is 5.05. The van der Waals surface area contributed by atoms with Gasteiger partial charge in [0.05, 0.1) is 11.4 Å². The summed E-state index contributed by atoms with van der Waals surface area (Å²) >= 11 is 0. The number of nitrogens with zero attached hydrogens (tertiary/aromatic N) is 3. The van der Waals surface area contributed by atoms with Crippen LogP contribution in [0.25, 0.3) is 11.4 Å². The van der Waals surface area contributed by atoms with Crippen molar-refractivity contribution in [3.63, 3.8) is 0 Å². The first-order valence-electron chi connectivity index (χ1n) is 15.2. The molecule has 0 atom stereocenters. The van der Waals surface area contributed by atoms with E-state index in [0.717, 1.165) is 66.6 Å². The molecule has 0 saturated carbocycles. The van der Waals surface area contributed by atoms with Crippen LogP contribution in [0.15, 0.2) is 130 Å². The van der Waals surface area contributed by atoms with E-state index in [1.165, 1.54) is 16.7 Å². The number of allylic oxidation sites excluding steroid dienone is 5. The molecule has 3 aromatic rings. The average molecular weight is 552 g/mol. The summed E-state index contributed by atoms with van der Waals surface area (Å²) in [6.45, 7) is 10.9. The lowest BCUT2D eigenvalue weighted by molar-refractivity contribution is 0.478. The SMILES string of the molecule is C=C(/N=C(\N=C(/C)C1=CCCC=C1)c1ccc(C(CC)(CC)c2ccc(C3=CCCC=N3)cc2)cc1)c1ccccc1. The highest BCUT2D eigenvalue weighted by molar-refractivity contribution is 6.13. The molecular formula is C39H41N3. The van der Waals surface area contributed by atoms with Gasteiger partial charge in [0.1, 0.15) is 0 Å². The fourth-order valence-corrected chi connectivity index (χ4v) is 5.92. The van der Waals surface area contributed by atoms with Crippen molar-refractivity contribution >= 4 is 29.2 Å². The Hall–Kier alpha value is -4.37. The van der Waals surface area contributed by atoms with Gasteiger partial charge >= 0.3 is 0 Å². The molecule has 0 saturated heterocycles. The Labute approximate surface area is 251 Å². The molecule has 0 fully saturated rings. The highest BCUT2D eigenvalue weighted by Crippen LogP contribution is 2.39. The van der Waals surface area contributed by atoms with Crippen LogP contribution in [0.5, 0.6) is 0 Å². The Bertz CT molecular complexity index is 1570. The van der Waals surface area contributed by atoms with Crippen molar-refractivity contribution in [3.8, 4) is 0 Å². The van der Waals surface area contributed by atoms with E-state index >= 15 is 0 Å². The van der Waals surface area contributed by atoms with Crippen LogP contribution in [0.4, 0.5) is 0 Å². The minimum Gasteiger partial charge on any atom is -0.261 e. The molecule has 0 bridgehead atoms. The number of aliphatic imine (C=N–C) groups is 3. The third-order valence-corrected chi connectivity index (χ3v) is 8.53. The molecule has 3 nitrogen and oxygen atoms in total. The second kappa shape index (κ2) is 13.5. The Morgan fingerprint density at radius 3 is 2.02 bits per heavy atom. The largest absolute Gasteiger partial charge is 0.261 e. The number of hydrogen-bond acceptors (Lipinski definition) is 2. The molecule has 5 rings (SSSR count). The Kier molecular flexibility index (Phi) is 9.38. The van der Waals surface area contributed by atoms with Gasteiger partial charge in [-0.1, -0.05) is 124 Å². The van der Waals surface area contributed by atoms with Crippen molar-refractivity contribution in [1.29, 1.82) is 0 Å². The quantitative estimate of drug-likeness (QED) is 0.187. The maximum absolute atomic E-state index is 5.05. The minimum atomic E-state index is -0.0803. The van der Waals surface area contributed by atoms with Crippen molar-refractivity contribution in [2.75, 3.05) is 0 Å². The zero-order chi connectivity index (χ0) is 29.4. The van der Waals surface area contributed by atoms with Crippen LogP contribution >= 0.6 is 0 Å². The third-order valence-electron chi connectivity index (χ3n) is 8.53. The van der Waals surface area contributed by atoms with Crippen LogP contribution in [-0.2, 0) is 5.41 Å². The van der Waals surface area contributed by atoms with Crippen LogP contribution < -0.4 is 0 Å². The molecule has 1 heterocycles. The molecule has 1 aliphatic heterocycles. The zero-order valence-corrected chi connectivity index (χ0v) is 25.2. The van der Waals surface area contributed by atoms with E-state index in [1.54, 1.807) is 0 Å². The van der Waals surface area contributed by atoms with Crippen LogP contribution in [0.3, 0.4) is 0 Å². The van der Waals surface area contributed by atoms with Gasteiger partial charge in [-0.25, -0.2) is 9.98 Å². The molecule has 1 aliphatic carbocycles. The zero-order valence-electron chi connectivity index (χ0n) is 25.2. The molecule has 0 N–H and O–H groups in total. The van der Waals surface area contributed by atoms with Crippen LogP contribution in [0, 0.1) is 0 Å². The van der Waals surface area contributed by atoms with Gasteiger partial charge in [0, 0.05) is 22.9 Å². The monoisotopic (exact) mass is 551 g/mol. The molecule has 212 valence electrons. The van der Waals surface area contributed by atoms with E-state index in [2.05, 4.69) is 105 Å². The fraction of sp³-hybridized carbons (Fsp3) is 0.256. The molecule has 0 radical (unpaired) electrons. The average Bonchev–Trinajstić information content (AvgIpc) is 3.07. The number of rotatable bonds is 9. The summed E-state index contributed by atoms with van der Waals surface area (Å²) < 4.78 is 0. The Morgan fingerprint density at radius 2 is 1.43 bits per heavy atom. The van der Waals surface area contributed by atoms with E-state index in [0.29, 0.717) is 11.5 Å². The van der Waals surface area contributed by atoms with Crippen molar-refractivity contribution in [2.24, 2.45) is 15.0 Å². The number of benzene rings is 3. The van der Waals surface area contributed by atoms with Gasteiger partial charge in [-0.15, -0.1) is 0 Å². The summed E-state index contributed by atoms with van der Waals surface area (Å²) in [5.74, 6) is 0.678. The van der Waals surface area contributed by atoms with Crippen molar-refractivity contribution in [1.82, 2.24) is 0 Å². The van der Waals surface area contributed by atoms with Gasteiger partial charge in [-0.2, -0.15) is 0 Å². The summed E-state index contributed by atoms with van der Waals surface area (Å²) in [5.41, 5.74) is 9.61. The summed E-state index contributed by atoms with van der Waals surface area (Å²) in [6.07, 6.45) is 17.1. The predicted octanol–water partition coefficient (Wildman–Crippen LogP) is 10.2. The number of hydrogen-bond donors (Lipinski definition) is 0. The Balaban J connectivity index is 1.49. The van der Waals surface area contributed by atoms with E-state index in [1.807, 2.05) is 36.5 Å². The lowest BCUT2D eigenvalue weighted by Crippen LogP contribution is -2.26. The second-order valence-electron chi connectivity index (χ2n) is 11.0. The molecule has 3 aromatic carbocycles. The van der Waals surface area contributed by atoms with Crippen molar-refractivity contribution in [2.45, 2.75) is 64.7 Å². The molecule has 0 unspecified atom stereocenters. The second-order valence-corrected chi connectivity index (χ2v) is 11.0. The van der Waals surface area contributed by atoms with Gasteiger partial charge < -0.3 is 0 Å². The summed E-state index contributed by atoms with van der Waals surface area (Å²) in [6, 6.07) is 28.0. The lowest BCUT2D eigenvalue weighted by Gasteiger charge is -2.33. The van der Waals surface area contributed by atoms with Gasteiger partial charge in [0.2, 0.25) is 0 Å². The highest BCUT2D eigenvalue weighted by atomic mass is 14.9. The van der Waals surface area contributed by atoms with Gasteiger partial charge in [0.15, 0.2) is 5.84 Å². The lowest BCUT2D eigenvalue weighted by atomic mass is 9.70. The first-order valence-corrected chi connectivity index (χ1v) is 15.2. The highest BCUT2D eigenvalue weighted by Gasteiger charge is 2.30. The summed E-state index contributed by atoms with van der Waals surface area (Å²) in [5, 5.41) is 0. The topological polar surface area (TPSA) is 37.1 Å². The van der Waals surface area contributed by atoms with E-state index in [-0.39, 0.29) is 5.41 Å². The molecule has 0 aromatic heterocycles. The molecular weight excluding hydrogens is 510 g/mol. The maximum Gasteiger partial charge on any atom is 0.160 e. The minimum absolute atomic E-state index is 0.0803. The van der Waals surface area contributed by atoms with E-state index < -0.39 is 0 Å². The predicted molar refractivity (Wildman–Crippen MR) is 182 cm³/mol. The Morgan fingerprint density at radius 1 is 0.762 bits per heavy atom. The molecule has 42 heavy (non-hydrogen) atoms. The van der Waals surface area contributed by atoms with E-state index in [4.69, 9.17) is 9.98 Å². The number of amidine groups is 1. The van der Waals surface area contributed by atoms with Crippen LogP contribution in [0.2, 0.25) is 0 Å². The van der Waals surface area contributed by atoms with E-state index in [9.17, 15) is 0 Å². The molecule has 0 amide bonds. The standard InChI is InChI=1S/C39H41N3/c1-5-39(6-2,35-24-20-33(21-25-35)37-19-13-14-28-40-37)36-26-22-34(23-27-36)38(41-29(3)31-15-9-7-10-16-31)42-30(4)32-17-11-8-12-18-32/h7,9-11,15-28H,3,5-6,8,12-14H2,1-2,4H3/b41-38-,42-30+. The van der Waals surface area contributed by atoms with Gasteiger partial charge in [-0.05, 0) is 73.3 Å². The molecule has 0 spiro atoms. The van der Waals surface area contributed by atoms with Crippen LogP contribution in [0.1, 0.15) is 87.1 Å². The summed E-state index contributed by atoms with van der Waals surface area (Å²) in [4.78, 5) is 14.6. The van der Waals surface area contributed by atoms with Gasteiger partial charge in [-0.3, -0.25) is 4.99 Å². The van der Waals surface area contributed by atoms with Crippen molar-refractivity contribution < 1.29 is 0 Å². The molecule has 2 aliphatic rings. The first kappa shape index (κ1) is 29.1. The normalized spacial score (nSPS) is 15.8. The third kappa shape index (κ3) is 6.41. The van der Waals surface area contributed by atoms with Gasteiger partial charge in [0.25, 0.3) is 0 Å². The van der Waals surface area contributed by atoms with Crippen molar-refractivity contribution in [3.05, 3.63) is 143 Å². The molecule has 3 heteroatoms. The smallest absolute Gasteiger partial charge is 0.160 e. The first-order chi connectivity index (χ1) is 20.5. The van der Waals surface area contributed by atoms with Crippen LogP contribution in [-0.4, -0.2) is 17.8 Å². The summed E-state index contributed by atoms with van der Waals surface area (Å²) in [7, 11) is 0. The fourth-order valence-electron chi connectivity index (χ4n) is 5.92.